The van der Waals surface area contributed by atoms with E-state index in [1.54, 1.807) is 0 Å². The molecule has 1 aromatic heterocycles. The van der Waals surface area contributed by atoms with Crippen LogP contribution in [0.2, 0.25) is 0 Å². The Bertz CT molecular complexity index is 344. The molecule has 1 aliphatic heterocycles. The minimum Gasteiger partial charge on any atom is -0.381 e. The third-order valence-electron chi connectivity index (χ3n) is 2.84. The van der Waals surface area contributed by atoms with Gasteiger partial charge in [-0.05, 0) is 36.8 Å². The van der Waals surface area contributed by atoms with Crippen molar-refractivity contribution < 1.29 is 4.74 Å². The summed E-state index contributed by atoms with van der Waals surface area (Å²) in [7, 11) is 0. The van der Waals surface area contributed by atoms with Crippen molar-refractivity contribution in [2.75, 3.05) is 13.2 Å². The Labute approximate surface area is 90.7 Å². The maximum atomic E-state index is 5.33. The van der Waals surface area contributed by atoms with Crippen LogP contribution in [0.5, 0.6) is 0 Å². The summed E-state index contributed by atoms with van der Waals surface area (Å²) in [5.41, 5.74) is 1.99. The van der Waals surface area contributed by atoms with Crippen LogP contribution in [-0.2, 0) is 11.2 Å². The maximum absolute atomic E-state index is 5.33. The SMILES string of the molecule is C#Cc1ccc(CC2CCOCC2)cn1. The van der Waals surface area contributed by atoms with E-state index in [-0.39, 0.29) is 0 Å². The highest BCUT2D eigenvalue weighted by Gasteiger charge is 2.14. The van der Waals surface area contributed by atoms with Crippen molar-refractivity contribution in [2.45, 2.75) is 19.3 Å². The summed E-state index contributed by atoms with van der Waals surface area (Å²) in [6, 6.07) is 3.99. The van der Waals surface area contributed by atoms with Crippen molar-refractivity contribution >= 4 is 0 Å². The van der Waals surface area contributed by atoms with E-state index in [9.17, 15) is 0 Å². The first-order valence-corrected chi connectivity index (χ1v) is 5.38. The molecule has 2 heterocycles. The van der Waals surface area contributed by atoms with E-state index in [4.69, 9.17) is 11.2 Å². The Hall–Kier alpha value is -1.33. The third-order valence-corrected chi connectivity index (χ3v) is 2.84. The molecule has 1 aliphatic rings. The molecule has 0 atom stereocenters. The molecule has 0 bridgehead atoms. The first kappa shape index (κ1) is 10.2. The van der Waals surface area contributed by atoms with Crippen LogP contribution in [0.1, 0.15) is 24.1 Å². The largest absolute Gasteiger partial charge is 0.381 e. The fraction of sp³-hybridized carbons (Fsp3) is 0.462. The molecule has 0 unspecified atom stereocenters. The molecule has 2 nitrogen and oxygen atoms in total. The number of aromatic nitrogens is 1. The quantitative estimate of drug-likeness (QED) is 0.683. The highest BCUT2D eigenvalue weighted by Crippen LogP contribution is 2.19. The van der Waals surface area contributed by atoms with E-state index in [1.165, 1.54) is 5.56 Å². The van der Waals surface area contributed by atoms with Gasteiger partial charge in [-0.2, -0.15) is 0 Å². The zero-order valence-corrected chi connectivity index (χ0v) is 8.78. The molecule has 78 valence electrons. The molecule has 0 aromatic carbocycles. The molecule has 0 amide bonds. The first-order chi connectivity index (χ1) is 7.38. The van der Waals surface area contributed by atoms with E-state index in [0.717, 1.165) is 38.4 Å². The topological polar surface area (TPSA) is 22.1 Å². The van der Waals surface area contributed by atoms with Crippen LogP contribution in [0, 0.1) is 18.3 Å². The zero-order chi connectivity index (χ0) is 10.5. The van der Waals surface area contributed by atoms with Gasteiger partial charge in [0.2, 0.25) is 0 Å². The molecule has 0 saturated carbocycles. The van der Waals surface area contributed by atoms with Gasteiger partial charge in [-0.3, -0.25) is 0 Å². The van der Waals surface area contributed by atoms with Crippen LogP contribution < -0.4 is 0 Å². The smallest absolute Gasteiger partial charge is 0.112 e. The molecule has 2 rings (SSSR count). The van der Waals surface area contributed by atoms with Crippen LogP contribution in [0.4, 0.5) is 0 Å². The summed E-state index contributed by atoms with van der Waals surface area (Å²) in [4.78, 5) is 4.20. The second-order valence-corrected chi connectivity index (χ2v) is 3.96. The van der Waals surface area contributed by atoms with Gasteiger partial charge in [0.1, 0.15) is 5.69 Å². The molecule has 0 N–H and O–H groups in total. The highest BCUT2D eigenvalue weighted by atomic mass is 16.5. The number of terminal acetylenes is 1. The van der Waals surface area contributed by atoms with Gasteiger partial charge in [-0.25, -0.2) is 4.98 Å². The second-order valence-electron chi connectivity index (χ2n) is 3.96. The van der Waals surface area contributed by atoms with Crippen LogP contribution in [0.3, 0.4) is 0 Å². The monoisotopic (exact) mass is 201 g/mol. The van der Waals surface area contributed by atoms with E-state index in [0.29, 0.717) is 5.69 Å². The summed E-state index contributed by atoms with van der Waals surface area (Å²) in [5.74, 6) is 3.27. The number of hydrogen-bond acceptors (Lipinski definition) is 2. The van der Waals surface area contributed by atoms with E-state index in [2.05, 4.69) is 17.0 Å². The fourth-order valence-electron chi connectivity index (χ4n) is 1.91. The van der Waals surface area contributed by atoms with E-state index in [1.807, 2.05) is 12.3 Å². The highest BCUT2D eigenvalue weighted by molar-refractivity contribution is 5.26. The third kappa shape index (κ3) is 2.81. The molecule has 1 saturated heterocycles. The number of hydrogen-bond donors (Lipinski definition) is 0. The van der Waals surface area contributed by atoms with Gasteiger partial charge in [0.05, 0.1) is 0 Å². The molecular formula is C13H15NO. The molecule has 1 aromatic rings. The van der Waals surface area contributed by atoms with Crippen LogP contribution >= 0.6 is 0 Å². The molecule has 0 spiro atoms. The Morgan fingerprint density at radius 2 is 2.20 bits per heavy atom. The summed E-state index contributed by atoms with van der Waals surface area (Å²) in [6.45, 7) is 1.81. The molecular weight excluding hydrogens is 186 g/mol. The fourth-order valence-corrected chi connectivity index (χ4v) is 1.91. The predicted molar refractivity (Wildman–Crippen MR) is 59.4 cm³/mol. The lowest BCUT2D eigenvalue weighted by molar-refractivity contribution is 0.0665. The van der Waals surface area contributed by atoms with Crippen molar-refractivity contribution in [1.82, 2.24) is 4.98 Å². The van der Waals surface area contributed by atoms with Gasteiger partial charge in [-0.15, -0.1) is 6.42 Å². The maximum Gasteiger partial charge on any atom is 0.112 e. The normalized spacial score (nSPS) is 17.3. The van der Waals surface area contributed by atoms with Crippen molar-refractivity contribution in [1.29, 1.82) is 0 Å². The van der Waals surface area contributed by atoms with Crippen molar-refractivity contribution in [3.8, 4) is 12.3 Å². The van der Waals surface area contributed by atoms with Crippen molar-refractivity contribution in [2.24, 2.45) is 5.92 Å². The number of ether oxygens (including phenoxy) is 1. The zero-order valence-electron chi connectivity index (χ0n) is 8.78. The summed E-state index contributed by atoms with van der Waals surface area (Å²) in [6.07, 6.45) is 10.6. The van der Waals surface area contributed by atoms with Crippen LogP contribution in [0.15, 0.2) is 18.3 Å². The van der Waals surface area contributed by atoms with Gasteiger partial charge in [0.25, 0.3) is 0 Å². The summed E-state index contributed by atoms with van der Waals surface area (Å²) >= 11 is 0. The molecule has 0 aliphatic carbocycles. The van der Waals surface area contributed by atoms with Gasteiger partial charge < -0.3 is 4.74 Å². The molecule has 2 heteroatoms. The minimum atomic E-state index is 0.714. The van der Waals surface area contributed by atoms with Crippen molar-refractivity contribution in [3.63, 3.8) is 0 Å². The second kappa shape index (κ2) is 4.95. The minimum absolute atomic E-state index is 0.714. The molecule has 15 heavy (non-hydrogen) atoms. The Balaban J connectivity index is 1.95. The van der Waals surface area contributed by atoms with Gasteiger partial charge in [0.15, 0.2) is 0 Å². The number of nitrogens with zero attached hydrogens (tertiary/aromatic N) is 1. The Morgan fingerprint density at radius 3 is 2.80 bits per heavy atom. The first-order valence-electron chi connectivity index (χ1n) is 5.38. The van der Waals surface area contributed by atoms with Gasteiger partial charge >= 0.3 is 0 Å². The number of pyridine rings is 1. The van der Waals surface area contributed by atoms with Gasteiger partial charge in [-0.1, -0.05) is 12.0 Å². The van der Waals surface area contributed by atoms with Crippen LogP contribution in [-0.4, -0.2) is 18.2 Å². The number of rotatable bonds is 2. The van der Waals surface area contributed by atoms with E-state index < -0.39 is 0 Å². The van der Waals surface area contributed by atoms with Crippen molar-refractivity contribution in [3.05, 3.63) is 29.6 Å². The predicted octanol–water partition coefficient (Wildman–Crippen LogP) is 2.03. The lowest BCUT2D eigenvalue weighted by Gasteiger charge is -2.21. The van der Waals surface area contributed by atoms with Gasteiger partial charge in [0, 0.05) is 19.4 Å². The standard InChI is InChI=1S/C13H15NO/c1-2-13-4-3-12(10-14-13)9-11-5-7-15-8-6-11/h1,3-4,10-11H,5-9H2. The van der Waals surface area contributed by atoms with E-state index >= 15 is 0 Å². The molecule has 1 fully saturated rings. The summed E-state index contributed by atoms with van der Waals surface area (Å²) < 4.78 is 5.33. The van der Waals surface area contributed by atoms with Crippen LogP contribution in [0.25, 0.3) is 0 Å². The lowest BCUT2D eigenvalue weighted by atomic mass is 9.93. The lowest BCUT2D eigenvalue weighted by Crippen LogP contribution is -2.17. The average Bonchev–Trinajstić information content (AvgIpc) is 2.31. The Kier molecular flexibility index (Phi) is 3.37. The molecule has 0 radical (unpaired) electrons. The Morgan fingerprint density at radius 1 is 1.40 bits per heavy atom. The average molecular weight is 201 g/mol. The summed E-state index contributed by atoms with van der Waals surface area (Å²) in [5, 5.41) is 0.